The van der Waals surface area contributed by atoms with Crippen molar-refractivity contribution in [3.8, 4) is 0 Å². The number of nitrogens with zero attached hydrogens (tertiary/aromatic N) is 1. The van der Waals surface area contributed by atoms with E-state index in [1.807, 2.05) is 0 Å². The maximum atomic E-state index is 13.3. The van der Waals surface area contributed by atoms with Crippen LogP contribution in [0.5, 0.6) is 0 Å². The quantitative estimate of drug-likeness (QED) is 0.891. The molecule has 1 aromatic carbocycles. The fourth-order valence-electron chi connectivity index (χ4n) is 2.79. The Balaban J connectivity index is 2.13. The van der Waals surface area contributed by atoms with Crippen LogP contribution in [-0.4, -0.2) is 32.1 Å². The Kier molecular flexibility index (Phi) is 5.38. The molecule has 0 atom stereocenters. The van der Waals surface area contributed by atoms with Crippen LogP contribution >= 0.6 is 0 Å². The first kappa shape index (κ1) is 17.4. The molecule has 1 aromatic rings. The standard InChI is InChI=1S/C16H22F3N3O/c1-3-15(23)21-11-6-8-22(9-7-11)14-5-4-12(20-2)10-13(14)16(17,18)19/h4-5,10-11,20H,3,6-9H2,1-2H3,(H,21,23). The number of amides is 1. The third-order valence-corrected chi connectivity index (χ3v) is 4.11. The smallest absolute Gasteiger partial charge is 0.388 e. The van der Waals surface area contributed by atoms with Gasteiger partial charge in [-0.05, 0) is 31.0 Å². The molecule has 1 aliphatic rings. The average Bonchev–Trinajstić information content (AvgIpc) is 2.54. The van der Waals surface area contributed by atoms with Crippen molar-refractivity contribution < 1.29 is 18.0 Å². The van der Waals surface area contributed by atoms with Crippen molar-refractivity contribution in [3.63, 3.8) is 0 Å². The molecular weight excluding hydrogens is 307 g/mol. The van der Waals surface area contributed by atoms with E-state index in [2.05, 4.69) is 10.6 Å². The predicted octanol–water partition coefficient (Wildman–Crippen LogP) is 3.24. The molecule has 0 bridgehead atoms. The first-order valence-electron chi connectivity index (χ1n) is 7.78. The van der Waals surface area contributed by atoms with Gasteiger partial charge in [-0.15, -0.1) is 0 Å². The summed E-state index contributed by atoms with van der Waals surface area (Å²) in [6.07, 6.45) is -2.67. The van der Waals surface area contributed by atoms with Crippen LogP contribution in [0.4, 0.5) is 24.5 Å². The van der Waals surface area contributed by atoms with Crippen LogP contribution in [0.15, 0.2) is 18.2 Å². The molecule has 0 radical (unpaired) electrons. The van der Waals surface area contributed by atoms with Crippen LogP contribution in [0.3, 0.4) is 0 Å². The second kappa shape index (κ2) is 7.10. The molecule has 2 rings (SSSR count). The number of rotatable bonds is 4. The van der Waals surface area contributed by atoms with E-state index in [0.717, 1.165) is 6.07 Å². The van der Waals surface area contributed by atoms with E-state index >= 15 is 0 Å². The molecule has 23 heavy (non-hydrogen) atoms. The highest BCUT2D eigenvalue weighted by molar-refractivity contribution is 5.75. The summed E-state index contributed by atoms with van der Waals surface area (Å²) >= 11 is 0. The number of carbonyl (C=O) groups is 1. The second-order valence-electron chi connectivity index (χ2n) is 5.66. The fourth-order valence-corrected chi connectivity index (χ4v) is 2.79. The number of nitrogens with one attached hydrogen (secondary N) is 2. The van der Waals surface area contributed by atoms with Gasteiger partial charge in [-0.1, -0.05) is 6.92 Å². The van der Waals surface area contributed by atoms with Crippen LogP contribution < -0.4 is 15.5 Å². The zero-order valence-corrected chi connectivity index (χ0v) is 13.3. The Hall–Kier alpha value is -1.92. The van der Waals surface area contributed by atoms with Crippen molar-refractivity contribution in [2.45, 2.75) is 38.4 Å². The molecule has 1 aliphatic heterocycles. The van der Waals surface area contributed by atoms with Crippen molar-refractivity contribution in [2.75, 3.05) is 30.4 Å². The van der Waals surface area contributed by atoms with Gasteiger partial charge in [-0.25, -0.2) is 0 Å². The summed E-state index contributed by atoms with van der Waals surface area (Å²) in [5, 5.41) is 5.64. The maximum Gasteiger partial charge on any atom is 0.418 e. The lowest BCUT2D eigenvalue weighted by molar-refractivity contribution is -0.137. The molecule has 0 aliphatic carbocycles. The first-order chi connectivity index (χ1) is 10.8. The van der Waals surface area contributed by atoms with Crippen molar-refractivity contribution >= 4 is 17.3 Å². The van der Waals surface area contributed by atoms with Gasteiger partial charge in [-0.2, -0.15) is 13.2 Å². The van der Waals surface area contributed by atoms with E-state index in [1.165, 1.54) is 6.07 Å². The predicted molar refractivity (Wildman–Crippen MR) is 84.7 cm³/mol. The first-order valence-corrected chi connectivity index (χ1v) is 7.78. The molecule has 0 spiro atoms. The summed E-state index contributed by atoms with van der Waals surface area (Å²) in [5.41, 5.74) is 0.0170. The minimum atomic E-state index is -4.39. The highest BCUT2D eigenvalue weighted by Crippen LogP contribution is 2.39. The third kappa shape index (κ3) is 4.30. The number of carbonyl (C=O) groups excluding carboxylic acids is 1. The molecule has 0 unspecified atom stereocenters. The van der Waals surface area contributed by atoms with Crippen molar-refractivity contribution in [1.29, 1.82) is 0 Å². The average molecular weight is 329 g/mol. The molecule has 128 valence electrons. The lowest BCUT2D eigenvalue weighted by Gasteiger charge is -2.35. The van der Waals surface area contributed by atoms with Gasteiger partial charge in [0.25, 0.3) is 0 Å². The fraction of sp³-hybridized carbons (Fsp3) is 0.562. The topological polar surface area (TPSA) is 44.4 Å². The summed E-state index contributed by atoms with van der Waals surface area (Å²) in [5.74, 6) is -0.0159. The monoisotopic (exact) mass is 329 g/mol. The minimum Gasteiger partial charge on any atom is -0.388 e. The summed E-state index contributed by atoms with van der Waals surface area (Å²) < 4.78 is 39.9. The SMILES string of the molecule is CCC(=O)NC1CCN(c2ccc(NC)cc2C(F)(F)F)CC1. The summed E-state index contributed by atoms with van der Waals surface area (Å²) in [6.45, 7) is 2.77. The number of alkyl halides is 3. The molecule has 7 heteroatoms. The summed E-state index contributed by atoms with van der Waals surface area (Å²) in [4.78, 5) is 13.2. The molecule has 1 heterocycles. The van der Waals surface area contributed by atoms with E-state index in [-0.39, 0.29) is 17.6 Å². The Morgan fingerprint density at radius 2 is 1.96 bits per heavy atom. The van der Waals surface area contributed by atoms with Crippen LogP contribution in [0.2, 0.25) is 0 Å². The Morgan fingerprint density at radius 3 is 2.48 bits per heavy atom. The maximum absolute atomic E-state index is 13.3. The number of anilines is 2. The molecule has 0 aromatic heterocycles. The molecule has 0 saturated carbocycles. The van der Waals surface area contributed by atoms with E-state index in [1.54, 1.807) is 24.9 Å². The van der Waals surface area contributed by atoms with Crippen LogP contribution in [0.1, 0.15) is 31.7 Å². The summed E-state index contributed by atoms with van der Waals surface area (Å²) in [6, 6.07) is 4.35. The zero-order valence-electron chi connectivity index (χ0n) is 13.3. The normalized spacial score (nSPS) is 16.3. The Morgan fingerprint density at radius 1 is 1.30 bits per heavy atom. The van der Waals surface area contributed by atoms with Gasteiger partial charge >= 0.3 is 6.18 Å². The van der Waals surface area contributed by atoms with Crippen LogP contribution in [0.25, 0.3) is 0 Å². The van der Waals surface area contributed by atoms with Crippen LogP contribution in [0, 0.1) is 0 Å². The third-order valence-electron chi connectivity index (χ3n) is 4.11. The van der Waals surface area contributed by atoms with Crippen molar-refractivity contribution in [2.24, 2.45) is 0 Å². The summed E-state index contributed by atoms with van der Waals surface area (Å²) in [7, 11) is 1.59. The lowest BCUT2D eigenvalue weighted by atomic mass is 10.0. The molecule has 4 nitrogen and oxygen atoms in total. The number of benzene rings is 1. The van der Waals surface area contributed by atoms with Gasteiger partial charge in [0.05, 0.1) is 5.56 Å². The molecule has 1 saturated heterocycles. The molecule has 1 amide bonds. The largest absolute Gasteiger partial charge is 0.418 e. The van der Waals surface area contributed by atoms with Crippen LogP contribution in [-0.2, 0) is 11.0 Å². The van der Waals surface area contributed by atoms with E-state index < -0.39 is 11.7 Å². The second-order valence-corrected chi connectivity index (χ2v) is 5.66. The number of hydrogen-bond donors (Lipinski definition) is 2. The van der Waals surface area contributed by atoms with Crippen molar-refractivity contribution in [1.82, 2.24) is 5.32 Å². The van der Waals surface area contributed by atoms with E-state index in [9.17, 15) is 18.0 Å². The van der Waals surface area contributed by atoms with Gasteiger partial charge in [0.15, 0.2) is 0 Å². The molecular formula is C16H22F3N3O. The van der Waals surface area contributed by atoms with E-state index in [0.29, 0.717) is 38.0 Å². The Labute approximate surface area is 134 Å². The van der Waals surface area contributed by atoms with Gasteiger partial charge in [0.1, 0.15) is 0 Å². The Bertz CT molecular complexity index is 552. The molecule has 2 N–H and O–H groups in total. The lowest BCUT2D eigenvalue weighted by Crippen LogP contribution is -2.45. The number of hydrogen-bond acceptors (Lipinski definition) is 3. The number of halogens is 3. The highest BCUT2D eigenvalue weighted by Gasteiger charge is 2.36. The zero-order chi connectivity index (χ0) is 17.0. The van der Waals surface area contributed by atoms with Gasteiger partial charge in [0.2, 0.25) is 5.91 Å². The van der Waals surface area contributed by atoms with Crippen molar-refractivity contribution in [3.05, 3.63) is 23.8 Å². The molecule has 1 fully saturated rings. The van der Waals surface area contributed by atoms with Gasteiger partial charge < -0.3 is 15.5 Å². The minimum absolute atomic E-state index is 0.0159. The van der Waals surface area contributed by atoms with E-state index in [4.69, 9.17) is 0 Å². The number of piperidine rings is 1. The van der Waals surface area contributed by atoms with Gasteiger partial charge in [0, 0.05) is 44.0 Å². The van der Waals surface area contributed by atoms with Gasteiger partial charge in [-0.3, -0.25) is 4.79 Å². The highest BCUT2D eigenvalue weighted by atomic mass is 19.4.